The van der Waals surface area contributed by atoms with E-state index in [0.29, 0.717) is 12.5 Å². The molecule has 1 N–H and O–H groups in total. The van der Waals surface area contributed by atoms with Gasteiger partial charge in [-0.1, -0.05) is 52.3 Å². The molecule has 2 aromatic carbocycles. The first-order valence-corrected chi connectivity index (χ1v) is 9.76. The van der Waals surface area contributed by atoms with Crippen molar-refractivity contribution in [1.29, 1.82) is 0 Å². The monoisotopic (exact) mass is 403 g/mol. The quantitative estimate of drug-likeness (QED) is 0.776. The van der Waals surface area contributed by atoms with Crippen molar-refractivity contribution in [2.45, 2.75) is 31.8 Å². The SMILES string of the molecule is Cc1c(Br)cccc1OC[C@@H](CN1CCC(O)CC1)c1ccccc1. The van der Waals surface area contributed by atoms with Crippen LogP contribution in [0.1, 0.15) is 29.9 Å². The second-order valence-electron chi connectivity index (χ2n) is 6.81. The maximum Gasteiger partial charge on any atom is 0.123 e. The van der Waals surface area contributed by atoms with Gasteiger partial charge in [0.05, 0.1) is 12.7 Å². The van der Waals surface area contributed by atoms with Crippen molar-refractivity contribution in [3.05, 3.63) is 64.1 Å². The maximum atomic E-state index is 9.73. The van der Waals surface area contributed by atoms with E-state index in [1.165, 1.54) is 5.56 Å². The number of benzene rings is 2. The summed E-state index contributed by atoms with van der Waals surface area (Å²) in [5.41, 5.74) is 2.44. The van der Waals surface area contributed by atoms with Gasteiger partial charge >= 0.3 is 0 Å². The number of aliphatic hydroxyl groups is 1. The highest BCUT2D eigenvalue weighted by Gasteiger charge is 2.22. The highest BCUT2D eigenvalue weighted by Crippen LogP contribution is 2.27. The van der Waals surface area contributed by atoms with Gasteiger partial charge in [-0.05, 0) is 37.5 Å². The number of likely N-dealkylation sites (tertiary alicyclic amines) is 1. The molecule has 1 atom stereocenters. The summed E-state index contributed by atoms with van der Waals surface area (Å²) < 4.78 is 7.27. The van der Waals surface area contributed by atoms with Crippen molar-refractivity contribution in [3.8, 4) is 5.75 Å². The van der Waals surface area contributed by atoms with Crippen molar-refractivity contribution >= 4 is 15.9 Å². The summed E-state index contributed by atoms with van der Waals surface area (Å²) in [5, 5.41) is 9.73. The van der Waals surface area contributed by atoms with E-state index >= 15 is 0 Å². The molecule has 4 heteroatoms. The molecule has 1 aliphatic heterocycles. The number of nitrogens with zero attached hydrogens (tertiary/aromatic N) is 1. The van der Waals surface area contributed by atoms with Gasteiger partial charge in [-0.3, -0.25) is 0 Å². The van der Waals surface area contributed by atoms with Crippen molar-refractivity contribution in [3.63, 3.8) is 0 Å². The van der Waals surface area contributed by atoms with Crippen LogP contribution in [0.5, 0.6) is 5.75 Å². The first-order valence-electron chi connectivity index (χ1n) is 8.97. The fourth-order valence-corrected chi connectivity index (χ4v) is 3.68. The average molecular weight is 404 g/mol. The molecule has 1 aliphatic rings. The van der Waals surface area contributed by atoms with Gasteiger partial charge in [0.1, 0.15) is 5.75 Å². The molecule has 0 unspecified atom stereocenters. The van der Waals surface area contributed by atoms with Crippen molar-refractivity contribution in [2.75, 3.05) is 26.2 Å². The van der Waals surface area contributed by atoms with E-state index in [2.05, 4.69) is 58.1 Å². The van der Waals surface area contributed by atoms with Crippen LogP contribution in [0, 0.1) is 6.92 Å². The third-order valence-corrected chi connectivity index (χ3v) is 5.82. The van der Waals surface area contributed by atoms with Gasteiger partial charge in [0, 0.05) is 35.6 Å². The fraction of sp³-hybridized carbons (Fsp3) is 0.429. The minimum absolute atomic E-state index is 0.132. The fourth-order valence-electron chi connectivity index (χ4n) is 3.33. The van der Waals surface area contributed by atoms with Crippen LogP contribution >= 0.6 is 15.9 Å². The minimum atomic E-state index is -0.132. The third kappa shape index (κ3) is 5.06. The van der Waals surface area contributed by atoms with Crippen molar-refractivity contribution < 1.29 is 9.84 Å². The van der Waals surface area contributed by atoms with E-state index in [0.717, 1.165) is 48.3 Å². The first-order chi connectivity index (χ1) is 12.1. The molecule has 0 amide bonds. The zero-order valence-corrected chi connectivity index (χ0v) is 16.3. The van der Waals surface area contributed by atoms with Gasteiger partial charge in [-0.25, -0.2) is 0 Å². The molecule has 0 aliphatic carbocycles. The first kappa shape index (κ1) is 18.4. The lowest BCUT2D eigenvalue weighted by molar-refractivity contribution is 0.0763. The molecule has 25 heavy (non-hydrogen) atoms. The van der Waals surface area contributed by atoms with Crippen LogP contribution in [0.25, 0.3) is 0 Å². The molecule has 3 rings (SSSR count). The molecule has 3 nitrogen and oxygen atoms in total. The predicted octanol–water partition coefficient (Wildman–Crippen LogP) is 4.38. The summed E-state index contributed by atoms with van der Waals surface area (Å²) >= 11 is 3.57. The van der Waals surface area contributed by atoms with Crippen LogP contribution in [0.15, 0.2) is 53.0 Å². The molecule has 1 saturated heterocycles. The van der Waals surface area contributed by atoms with Crippen molar-refractivity contribution in [1.82, 2.24) is 4.90 Å². The smallest absolute Gasteiger partial charge is 0.123 e. The molecular formula is C21H26BrNO2. The Balaban J connectivity index is 1.69. The Morgan fingerprint density at radius 3 is 2.56 bits per heavy atom. The van der Waals surface area contributed by atoms with E-state index in [4.69, 9.17) is 4.74 Å². The highest BCUT2D eigenvalue weighted by atomic mass is 79.9. The van der Waals surface area contributed by atoms with Crippen LogP contribution in [0.2, 0.25) is 0 Å². The van der Waals surface area contributed by atoms with Crippen LogP contribution < -0.4 is 4.74 Å². The Morgan fingerprint density at radius 2 is 1.84 bits per heavy atom. The number of aliphatic hydroxyl groups excluding tert-OH is 1. The number of piperidine rings is 1. The van der Waals surface area contributed by atoms with E-state index < -0.39 is 0 Å². The maximum absolute atomic E-state index is 9.73. The Kier molecular flexibility index (Phi) is 6.51. The van der Waals surface area contributed by atoms with Crippen LogP contribution in [-0.2, 0) is 0 Å². The number of rotatable bonds is 6. The molecule has 134 valence electrons. The molecule has 1 fully saturated rings. The second kappa shape index (κ2) is 8.84. The topological polar surface area (TPSA) is 32.7 Å². The molecular weight excluding hydrogens is 378 g/mol. The summed E-state index contributed by atoms with van der Waals surface area (Å²) in [6, 6.07) is 16.7. The van der Waals surface area contributed by atoms with Crippen LogP contribution in [0.3, 0.4) is 0 Å². The van der Waals surface area contributed by atoms with E-state index in [1.54, 1.807) is 0 Å². The van der Waals surface area contributed by atoms with Gasteiger partial charge in [0.15, 0.2) is 0 Å². The van der Waals surface area contributed by atoms with E-state index in [-0.39, 0.29) is 6.10 Å². The molecule has 0 spiro atoms. The second-order valence-corrected chi connectivity index (χ2v) is 7.67. The molecule has 0 saturated carbocycles. The lowest BCUT2D eigenvalue weighted by atomic mass is 9.97. The Bertz CT molecular complexity index is 669. The lowest BCUT2D eigenvalue weighted by Gasteiger charge is -2.32. The minimum Gasteiger partial charge on any atom is -0.493 e. The summed E-state index contributed by atoms with van der Waals surface area (Å²) in [7, 11) is 0. The predicted molar refractivity (Wildman–Crippen MR) is 105 cm³/mol. The van der Waals surface area contributed by atoms with Crippen LogP contribution in [-0.4, -0.2) is 42.4 Å². The average Bonchev–Trinajstić information content (AvgIpc) is 2.64. The van der Waals surface area contributed by atoms with Gasteiger partial charge in [-0.2, -0.15) is 0 Å². The van der Waals surface area contributed by atoms with Gasteiger partial charge in [0.25, 0.3) is 0 Å². The number of hydrogen-bond acceptors (Lipinski definition) is 3. The Hall–Kier alpha value is -1.36. The molecule has 0 bridgehead atoms. The Morgan fingerprint density at radius 1 is 1.12 bits per heavy atom. The number of ether oxygens (including phenoxy) is 1. The zero-order chi connectivity index (χ0) is 17.6. The van der Waals surface area contributed by atoms with E-state index in [1.807, 2.05) is 18.2 Å². The van der Waals surface area contributed by atoms with Gasteiger partial charge in [0.2, 0.25) is 0 Å². The molecule has 2 aromatic rings. The van der Waals surface area contributed by atoms with E-state index in [9.17, 15) is 5.11 Å². The lowest BCUT2D eigenvalue weighted by Crippen LogP contribution is -2.39. The summed E-state index contributed by atoms with van der Waals surface area (Å²) in [6.07, 6.45) is 1.60. The van der Waals surface area contributed by atoms with Crippen molar-refractivity contribution in [2.24, 2.45) is 0 Å². The standard InChI is InChI=1S/C21H26BrNO2/c1-16-20(22)8-5-9-21(16)25-15-18(17-6-3-2-4-7-17)14-23-12-10-19(24)11-13-23/h2-9,18-19,24H,10-15H2,1H3/t18-/m1/s1. The zero-order valence-electron chi connectivity index (χ0n) is 14.7. The summed E-state index contributed by atoms with van der Waals surface area (Å²) in [5.74, 6) is 1.25. The molecule has 1 heterocycles. The van der Waals surface area contributed by atoms with Gasteiger partial charge < -0.3 is 14.7 Å². The summed E-state index contributed by atoms with van der Waals surface area (Å²) in [6.45, 7) is 5.61. The number of hydrogen-bond donors (Lipinski definition) is 1. The molecule has 0 radical (unpaired) electrons. The normalized spacial score (nSPS) is 17.4. The largest absolute Gasteiger partial charge is 0.493 e. The highest BCUT2D eigenvalue weighted by molar-refractivity contribution is 9.10. The van der Waals surface area contributed by atoms with Gasteiger partial charge in [-0.15, -0.1) is 0 Å². The number of halogens is 1. The molecule has 0 aromatic heterocycles. The summed E-state index contributed by atoms with van der Waals surface area (Å²) in [4.78, 5) is 2.45. The Labute approximate surface area is 158 Å². The third-order valence-electron chi connectivity index (χ3n) is 4.96. The van der Waals surface area contributed by atoms with Crippen LogP contribution in [0.4, 0.5) is 0 Å².